The number of halogens is 1. The van der Waals surface area contributed by atoms with Crippen LogP contribution in [0.2, 0.25) is 0 Å². The molecule has 2 rings (SSSR count). The molecular formula is C11H14FN. The molecule has 0 spiro atoms. The van der Waals surface area contributed by atoms with Crippen molar-refractivity contribution < 1.29 is 4.39 Å². The van der Waals surface area contributed by atoms with Gasteiger partial charge in [0, 0.05) is 0 Å². The lowest BCUT2D eigenvalue weighted by Gasteiger charge is -2.24. The molecule has 0 aromatic heterocycles. The van der Waals surface area contributed by atoms with Gasteiger partial charge in [-0.2, -0.15) is 0 Å². The molecule has 0 saturated carbocycles. The minimum Gasteiger partial charge on any atom is -0.330 e. The first-order chi connectivity index (χ1) is 6.31. The van der Waals surface area contributed by atoms with E-state index in [4.69, 9.17) is 5.73 Å². The molecule has 1 atom stereocenters. The number of nitrogens with two attached hydrogens (primary N) is 1. The van der Waals surface area contributed by atoms with Crippen molar-refractivity contribution in [2.24, 2.45) is 5.73 Å². The van der Waals surface area contributed by atoms with Gasteiger partial charge < -0.3 is 5.73 Å². The fraction of sp³-hybridized carbons (Fsp3) is 0.455. The van der Waals surface area contributed by atoms with Crippen molar-refractivity contribution >= 4 is 0 Å². The van der Waals surface area contributed by atoms with Crippen molar-refractivity contribution in [2.75, 3.05) is 6.54 Å². The van der Waals surface area contributed by atoms with Crippen LogP contribution >= 0.6 is 0 Å². The monoisotopic (exact) mass is 179 g/mol. The Labute approximate surface area is 77.8 Å². The van der Waals surface area contributed by atoms with Crippen LogP contribution in [0, 0.1) is 5.82 Å². The Bertz CT molecular complexity index is 309. The molecule has 1 aliphatic carbocycles. The summed E-state index contributed by atoms with van der Waals surface area (Å²) in [5, 5.41) is 0. The van der Waals surface area contributed by atoms with Gasteiger partial charge in [0.15, 0.2) is 0 Å². The third-order valence-corrected chi connectivity index (χ3v) is 2.83. The summed E-state index contributed by atoms with van der Waals surface area (Å²) in [4.78, 5) is 0. The van der Waals surface area contributed by atoms with Gasteiger partial charge >= 0.3 is 0 Å². The van der Waals surface area contributed by atoms with E-state index >= 15 is 0 Å². The quantitative estimate of drug-likeness (QED) is 0.702. The largest absolute Gasteiger partial charge is 0.330 e. The van der Waals surface area contributed by atoms with E-state index in [9.17, 15) is 4.39 Å². The lowest BCUT2D eigenvalue weighted by molar-refractivity contribution is 0.549. The fourth-order valence-electron chi connectivity index (χ4n) is 2.11. The molecule has 0 fully saturated rings. The minimum absolute atomic E-state index is 0.140. The van der Waals surface area contributed by atoms with E-state index in [2.05, 4.69) is 0 Å². The molecule has 1 aromatic carbocycles. The van der Waals surface area contributed by atoms with Crippen LogP contribution in [0.15, 0.2) is 18.2 Å². The number of fused-ring (bicyclic) bond motifs is 1. The van der Waals surface area contributed by atoms with Crippen LogP contribution in [-0.4, -0.2) is 6.54 Å². The first kappa shape index (κ1) is 8.70. The molecule has 0 radical (unpaired) electrons. The molecule has 1 aliphatic rings. The van der Waals surface area contributed by atoms with Crippen LogP contribution < -0.4 is 5.73 Å². The molecule has 2 N–H and O–H groups in total. The van der Waals surface area contributed by atoms with Gasteiger partial charge in [-0.25, -0.2) is 4.39 Å². The number of aryl methyl sites for hydroxylation is 1. The van der Waals surface area contributed by atoms with Crippen molar-refractivity contribution in [3.63, 3.8) is 0 Å². The second-order valence-electron chi connectivity index (χ2n) is 3.67. The van der Waals surface area contributed by atoms with E-state index in [0.29, 0.717) is 12.5 Å². The summed E-state index contributed by atoms with van der Waals surface area (Å²) >= 11 is 0. The van der Waals surface area contributed by atoms with Gasteiger partial charge in [0.2, 0.25) is 0 Å². The molecule has 13 heavy (non-hydrogen) atoms. The van der Waals surface area contributed by atoms with Gasteiger partial charge in [-0.1, -0.05) is 6.07 Å². The highest BCUT2D eigenvalue weighted by atomic mass is 19.1. The molecule has 0 aliphatic heterocycles. The van der Waals surface area contributed by atoms with Crippen LogP contribution in [-0.2, 0) is 6.42 Å². The van der Waals surface area contributed by atoms with Crippen LogP contribution in [0.25, 0.3) is 0 Å². The Morgan fingerprint density at radius 3 is 3.08 bits per heavy atom. The maximum Gasteiger partial charge on any atom is 0.123 e. The number of hydrogen-bond donors (Lipinski definition) is 1. The Kier molecular flexibility index (Phi) is 2.32. The smallest absolute Gasteiger partial charge is 0.123 e. The highest BCUT2D eigenvalue weighted by Crippen LogP contribution is 2.30. The first-order valence-electron chi connectivity index (χ1n) is 4.79. The lowest BCUT2D eigenvalue weighted by atomic mass is 9.83. The highest BCUT2D eigenvalue weighted by molar-refractivity contribution is 5.33. The van der Waals surface area contributed by atoms with Gasteiger partial charge in [0.05, 0.1) is 0 Å². The average Bonchev–Trinajstić information content (AvgIpc) is 2.17. The van der Waals surface area contributed by atoms with Crippen molar-refractivity contribution in [3.8, 4) is 0 Å². The van der Waals surface area contributed by atoms with Crippen molar-refractivity contribution in [1.29, 1.82) is 0 Å². The summed E-state index contributed by atoms with van der Waals surface area (Å²) in [5.74, 6) is 0.235. The topological polar surface area (TPSA) is 26.0 Å². The third kappa shape index (κ3) is 1.59. The zero-order valence-corrected chi connectivity index (χ0v) is 7.59. The van der Waals surface area contributed by atoms with Crippen LogP contribution in [0.5, 0.6) is 0 Å². The second kappa shape index (κ2) is 3.46. The van der Waals surface area contributed by atoms with E-state index in [1.54, 1.807) is 6.07 Å². The zero-order chi connectivity index (χ0) is 9.26. The van der Waals surface area contributed by atoms with E-state index in [1.165, 1.54) is 18.1 Å². The molecule has 1 nitrogen and oxygen atoms in total. The van der Waals surface area contributed by atoms with Crippen molar-refractivity contribution in [3.05, 3.63) is 35.1 Å². The summed E-state index contributed by atoms with van der Waals surface area (Å²) < 4.78 is 13.0. The van der Waals surface area contributed by atoms with Gasteiger partial charge in [0.1, 0.15) is 5.82 Å². The maximum absolute atomic E-state index is 13.0. The molecule has 1 aromatic rings. The Balaban J connectivity index is 2.41. The molecule has 0 amide bonds. The summed E-state index contributed by atoms with van der Waals surface area (Å²) in [6, 6.07) is 5.08. The number of rotatable bonds is 1. The zero-order valence-electron chi connectivity index (χ0n) is 7.59. The Morgan fingerprint density at radius 2 is 2.31 bits per heavy atom. The van der Waals surface area contributed by atoms with Gasteiger partial charge in [-0.15, -0.1) is 0 Å². The lowest BCUT2D eigenvalue weighted by Crippen LogP contribution is -2.18. The van der Waals surface area contributed by atoms with E-state index in [-0.39, 0.29) is 5.82 Å². The molecule has 0 heterocycles. The molecule has 0 unspecified atom stereocenters. The van der Waals surface area contributed by atoms with Crippen molar-refractivity contribution in [1.82, 2.24) is 0 Å². The Morgan fingerprint density at radius 1 is 1.46 bits per heavy atom. The normalized spacial score (nSPS) is 21.2. The SMILES string of the molecule is NC[C@@H]1CCCc2ccc(F)cc21. The summed E-state index contributed by atoms with van der Waals surface area (Å²) in [6.07, 6.45) is 3.36. The van der Waals surface area contributed by atoms with Crippen LogP contribution in [0.1, 0.15) is 29.9 Å². The van der Waals surface area contributed by atoms with Gasteiger partial charge in [-0.05, 0) is 55.0 Å². The summed E-state index contributed by atoms with van der Waals surface area (Å²) in [5.41, 5.74) is 8.06. The molecule has 0 bridgehead atoms. The number of benzene rings is 1. The van der Waals surface area contributed by atoms with Gasteiger partial charge in [-0.3, -0.25) is 0 Å². The first-order valence-corrected chi connectivity index (χ1v) is 4.79. The summed E-state index contributed by atoms with van der Waals surface area (Å²) in [6.45, 7) is 0.635. The number of hydrogen-bond acceptors (Lipinski definition) is 1. The third-order valence-electron chi connectivity index (χ3n) is 2.83. The standard InChI is InChI=1S/C11H14FN/c12-10-5-4-8-2-1-3-9(7-13)11(8)6-10/h4-6,9H,1-3,7,13H2/t9-/m0/s1. The van der Waals surface area contributed by atoms with Crippen LogP contribution in [0.3, 0.4) is 0 Å². The predicted molar refractivity (Wildman–Crippen MR) is 51.1 cm³/mol. The van der Waals surface area contributed by atoms with Crippen molar-refractivity contribution in [2.45, 2.75) is 25.2 Å². The summed E-state index contributed by atoms with van der Waals surface area (Å²) in [7, 11) is 0. The van der Waals surface area contributed by atoms with E-state index in [1.807, 2.05) is 6.07 Å². The fourth-order valence-corrected chi connectivity index (χ4v) is 2.11. The highest BCUT2D eigenvalue weighted by Gasteiger charge is 2.18. The average molecular weight is 179 g/mol. The predicted octanol–water partition coefficient (Wildman–Crippen LogP) is 2.20. The molecule has 0 saturated heterocycles. The molecular weight excluding hydrogens is 165 g/mol. The Hall–Kier alpha value is -0.890. The second-order valence-corrected chi connectivity index (χ2v) is 3.67. The molecule has 2 heteroatoms. The maximum atomic E-state index is 13.0. The van der Waals surface area contributed by atoms with Crippen LogP contribution in [0.4, 0.5) is 4.39 Å². The molecule has 70 valence electrons. The minimum atomic E-state index is -0.140. The van der Waals surface area contributed by atoms with Gasteiger partial charge in [0.25, 0.3) is 0 Å². The van der Waals surface area contributed by atoms with E-state index < -0.39 is 0 Å². The van der Waals surface area contributed by atoms with E-state index in [0.717, 1.165) is 18.4 Å².